The fourth-order valence-electron chi connectivity index (χ4n) is 3.77. The predicted octanol–water partition coefficient (Wildman–Crippen LogP) is 3.62. The molecule has 2 fully saturated rings. The molecule has 124 valence electrons. The van der Waals surface area contributed by atoms with Gasteiger partial charge in [-0.25, -0.2) is 0 Å². The lowest BCUT2D eigenvalue weighted by molar-refractivity contribution is -0.101. The van der Waals surface area contributed by atoms with Crippen molar-refractivity contribution in [3.8, 4) is 0 Å². The average molecular weight is 297 g/mol. The maximum Gasteiger partial charge on any atom is 0.0806 e. The fraction of sp³-hybridized carbons (Fsp3) is 1.00. The number of hydrogen-bond donors (Lipinski definition) is 1. The molecule has 1 N–H and O–H groups in total. The highest BCUT2D eigenvalue weighted by Crippen LogP contribution is 2.38. The quantitative estimate of drug-likeness (QED) is 0.778. The minimum Gasteiger partial charge on any atom is -0.381 e. The average Bonchev–Trinajstić information content (AvgIpc) is 2.52. The lowest BCUT2D eigenvalue weighted by Crippen LogP contribution is -2.47. The van der Waals surface area contributed by atoms with E-state index in [0.717, 1.165) is 44.7 Å². The molecule has 21 heavy (non-hydrogen) atoms. The SMILES string of the molecule is CCNCC1(OCC2CCOCC2)CCC(C(C)C)CC1. The molecule has 0 bridgehead atoms. The molecule has 0 aromatic heterocycles. The highest BCUT2D eigenvalue weighted by molar-refractivity contribution is 4.90. The topological polar surface area (TPSA) is 30.5 Å². The van der Waals surface area contributed by atoms with Gasteiger partial charge in [0.2, 0.25) is 0 Å². The van der Waals surface area contributed by atoms with Crippen LogP contribution in [0.3, 0.4) is 0 Å². The maximum atomic E-state index is 6.52. The molecule has 0 aromatic rings. The Morgan fingerprint density at radius 1 is 1.14 bits per heavy atom. The zero-order chi connectivity index (χ0) is 15.1. The molecule has 1 heterocycles. The molecular formula is C18H35NO2. The second-order valence-electron chi connectivity index (χ2n) is 7.41. The van der Waals surface area contributed by atoms with Gasteiger partial charge in [0.05, 0.1) is 12.2 Å². The van der Waals surface area contributed by atoms with E-state index < -0.39 is 0 Å². The van der Waals surface area contributed by atoms with Crippen molar-refractivity contribution in [3.63, 3.8) is 0 Å². The van der Waals surface area contributed by atoms with Gasteiger partial charge in [0.25, 0.3) is 0 Å². The van der Waals surface area contributed by atoms with Crippen LogP contribution in [0.15, 0.2) is 0 Å². The summed E-state index contributed by atoms with van der Waals surface area (Å²) >= 11 is 0. The minimum atomic E-state index is 0.0969. The summed E-state index contributed by atoms with van der Waals surface area (Å²) < 4.78 is 12.0. The Bertz CT molecular complexity index is 279. The van der Waals surface area contributed by atoms with Gasteiger partial charge in [0, 0.05) is 19.8 Å². The Labute approximate surface area is 131 Å². The van der Waals surface area contributed by atoms with Crippen molar-refractivity contribution in [2.45, 2.75) is 64.9 Å². The van der Waals surface area contributed by atoms with E-state index in [-0.39, 0.29) is 5.60 Å². The standard InChI is InChI=1S/C18H35NO2/c1-4-19-14-18(9-5-17(6-10-18)15(2)3)21-13-16-7-11-20-12-8-16/h15-17,19H,4-14H2,1-3H3. The number of likely N-dealkylation sites (N-methyl/N-ethyl adjacent to an activating group) is 1. The van der Waals surface area contributed by atoms with Gasteiger partial charge in [-0.1, -0.05) is 20.8 Å². The van der Waals surface area contributed by atoms with Crippen LogP contribution in [0.2, 0.25) is 0 Å². The zero-order valence-corrected chi connectivity index (χ0v) is 14.3. The van der Waals surface area contributed by atoms with Crippen LogP contribution in [-0.4, -0.2) is 38.5 Å². The van der Waals surface area contributed by atoms with Gasteiger partial charge < -0.3 is 14.8 Å². The van der Waals surface area contributed by atoms with E-state index in [9.17, 15) is 0 Å². The van der Waals surface area contributed by atoms with Crippen molar-refractivity contribution in [2.75, 3.05) is 32.9 Å². The fourth-order valence-corrected chi connectivity index (χ4v) is 3.77. The van der Waals surface area contributed by atoms with Gasteiger partial charge in [0.15, 0.2) is 0 Å². The molecule has 0 spiro atoms. The molecule has 1 saturated heterocycles. The normalized spacial score (nSPS) is 31.7. The number of ether oxygens (including phenoxy) is 2. The summed E-state index contributed by atoms with van der Waals surface area (Å²) in [7, 11) is 0. The summed E-state index contributed by atoms with van der Waals surface area (Å²) in [6.07, 6.45) is 7.46. The van der Waals surface area contributed by atoms with E-state index >= 15 is 0 Å². The van der Waals surface area contributed by atoms with E-state index in [1.165, 1.54) is 38.5 Å². The molecule has 1 aliphatic heterocycles. The third-order valence-corrected chi connectivity index (χ3v) is 5.55. The lowest BCUT2D eigenvalue weighted by Gasteiger charge is -2.42. The Hall–Kier alpha value is -0.120. The van der Waals surface area contributed by atoms with Crippen LogP contribution >= 0.6 is 0 Å². The maximum absolute atomic E-state index is 6.52. The Morgan fingerprint density at radius 3 is 2.38 bits per heavy atom. The molecular weight excluding hydrogens is 262 g/mol. The largest absolute Gasteiger partial charge is 0.381 e. The first-order valence-corrected chi connectivity index (χ1v) is 9.07. The van der Waals surface area contributed by atoms with Crippen LogP contribution in [0.5, 0.6) is 0 Å². The van der Waals surface area contributed by atoms with Crippen molar-refractivity contribution in [1.29, 1.82) is 0 Å². The van der Waals surface area contributed by atoms with E-state index in [1.807, 2.05) is 0 Å². The van der Waals surface area contributed by atoms with Gasteiger partial charge in [0.1, 0.15) is 0 Å². The van der Waals surface area contributed by atoms with Crippen molar-refractivity contribution in [3.05, 3.63) is 0 Å². The monoisotopic (exact) mass is 297 g/mol. The summed E-state index contributed by atoms with van der Waals surface area (Å²) in [5, 5.41) is 3.54. The van der Waals surface area contributed by atoms with Gasteiger partial charge >= 0.3 is 0 Å². The van der Waals surface area contributed by atoms with Crippen molar-refractivity contribution >= 4 is 0 Å². The second-order valence-corrected chi connectivity index (χ2v) is 7.41. The minimum absolute atomic E-state index is 0.0969. The Balaban J connectivity index is 1.84. The third-order valence-electron chi connectivity index (χ3n) is 5.55. The van der Waals surface area contributed by atoms with Crippen molar-refractivity contribution in [2.24, 2.45) is 17.8 Å². The molecule has 0 unspecified atom stereocenters. The predicted molar refractivity (Wildman–Crippen MR) is 87.6 cm³/mol. The Morgan fingerprint density at radius 2 is 1.81 bits per heavy atom. The second kappa shape index (κ2) is 8.50. The molecule has 1 saturated carbocycles. The van der Waals surface area contributed by atoms with Crippen LogP contribution in [0, 0.1) is 17.8 Å². The van der Waals surface area contributed by atoms with E-state index in [1.54, 1.807) is 0 Å². The van der Waals surface area contributed by atoms with Gasteiger partial charge in [-0.15, -0.1) is 0 Å². The van der Waals surface area contributed by atoms with Gasteiger partial charge in [-0.2, -0.15) is 0 Å². The number of hydrogen-bond acceptors (Lipinski definition) is 3. The van der Waals surface area contributed by atoms with Crippen LogP contribution in [0.25, 0.3) is 0 Å². The van der Waals surface area contributed by atoms with Crippen molar-refractivity contribution < 1.29 is 9.47 Å². The number of nitrogens with one attached hydrogen (secondary N) is 1. The zero-order valence-electron chi connectivity index (χ0n) is 14.3. The van der Waals surface area contributed by atoms with Crippen LogP contribution in [0.4, 0.5) is 0 Å². The Kier molecular flexibility index (Phi) is 6.97. The van der Waals surface area contributed by atoms with Crippen LogP contribution < -0.4 is 5.32 Å². The summed E-state index contributed by atoms with van der Waals surface area (Å²) in [5.41, 5.74) is 0.0969. The molecule has 0 radical (unpaired) electrons. The summed E-state index contributed by atoms with van der Waals surface area (Å²) in [6, 6.07) is 0. The van der Waals surface area contributed by atoms with E-state index in [0.29, 0.717) is 5.92 Å². The first kappa shape index (κ1) is 17.2. The van der Waals surface area contributed by atoms with Crippen molar-refractivity contribution in [1.82, 2.24) is 5.32 Å². The highest BCUT2D eigenvalue weighted by Gasteiger charge is 2.37. The molecule has 3 heteroatoms. The van der Waals surface area contributed by atoms with Crippen LogP contribution in [-0.2, 0) is 9.47 Å². The highest BCUT2D eigenvalue weighted by atomic mass is 16.5. The first-order valence-electron chi connectivity index (χ1n) is 9.07. The number of rotatable bonds is 7. The molecule has 1 aliphatic carbocycles. The molecule has 2 rings (SSSR count). The summed E-state index contributed by atoms with van der Waals surface area (Å²) in [6.45, 7) is 11.8. The molecule has 3 nitrogen and oxygen atoms in total. The summed E-state index contributed by atoms with van der Waals surface area (Å²) in [5.74, 6) is 2.42. The van der Waals surface area contributed by atoms with Gasteiger partial charge in [-0.05, 0) is 62.8 Å². The molecule has 0 atom stereocenters. The first-order chi connectivity index (χ1) is 10.2. The van der Waals surface area contributed by atoms with E-state index in [4.69, 9.17) is 9.47 Å². The van der Waals surface area contributed by atoms with Crippen LogP contribution in [0.1, 0.15) is 59.3 Å². The lowest BCUT2D eigenvalue weighted by atomic mass is 9.74. The van der Waals surface area contributed by atoms with E-state index in [2.05, 4.69) is 26.1 Å². The smallest absolute Gasteiger partial charge is 0.0806 e. The van der Waals surface area contributed by atoms with Gasteiger partial charge in [-0.3, -0.25) is 0 Å². The summed E-state index contributed by atoms with van der Waals surface area (Å²) in [4.78, 5) is 0. The molecule has 2 aliphatic rings. The third kappa shape index (κ3) is 5.22. The molecule has 0 amide bonds. The molecule has 0 aromatic carbocycles.